The predicted octanol–water partition coefficient (Wildman–Crippen LogP) is 4.32. The first-order valence-electron chi connectivity index (χ1n) is 10.4. The number of carbonyl (C=O) groups excluding carboxylic acids is 1. The second-order valence-corrected chi connectivity index (χ2v) is 13.2. The van der Waals surface area contributed by atoms with E-state index in [9.17, 15) is 9.59 Å². The number of hydrogen-bond acceptors (Lipinski definition) is 3. The van der Waals surface area contributed by atoms with Crippen molar-refractivity contribution in [2.45, 2.75) is 52.5 Å². The summed E-state index contributed by atoms with van der Waals surface area (Å²) in [4.78, 5) is 23.7. The average molecular weight is 425 g/mol. The van der Waals surface area contributed by atoms with E-state index < -0.39 is 20.3 Å². The topological polar surface area (TPSA) is 63.6 Å². The molecule has 0 saturated carbocycles. The van der Waals surface area contributed by atoms with Gasteiger partial charge in [0.25, 0.3) is 0 Å². The van der Waals surface area contributed by atoms with Gasteiger partial charge in [0.05, 0.1) is 0 Å². The van der Waals surface area contributed by atoms with Crippen molar-refractivity contribution in [3.63, 3.8) is 0 Å². The van der Waals surface area contributed by atoms with Gasteiger partial charge in [-0.1, -0.05) is 89.2 Å². The molecule has 5 heteroatoms. The van der Waals surface area contributed by atoms with E-state index in [4.69, 9.17) is 9.53 Å². The lowest BCUT2D eigenvalue weighted by atomic mass is 10.0. The SMILES string of the molecule is CC(C)CCc1ccccc1[Si](OC(=O)/C=C\C(=O)O)(c1ccccc1)C(C)(C)C. The highest BCUT2D eigenvalue weighted by Gasteiger charge is 2.53. The number of carbonyl (C=O) groups is 2. The third kappa shape index (κ3) is 5.48. The van der Waals surface area contributed by atoms with Crippen LogP contribution in [0.4, 0.5) is 0 Å². The molecule has 2 aromatic carbocycles. The number of benzene rings is 2. The lowest BCUT2D eigenvalue weighted by Crippen LogP contribution is -2.68. The van der Waals surface area contributed by atoms with Crippen LogP contribution in [0.5, 0.6) is 0 Å². The molecule has 1 unspecified atom stereocenters. The maximum atomic E-state index is 12.8. The summed E-state index contributed by atoms with van der Waals surface area (Å²) >= 11 is 0. The van der Waals surface area contributed by atoms with Gasteiger partial charge >= 0.3 is 20.3 Å². The number of carboxylic acid groups (broad SMARTS) is 1. The molecule has 0 saturated heterocycles. The van der Waals surface area contributed by atoms with Gasteiger partial charge < -0.3 is 9.53 Å². The Labute approximate surface area is 180 Å². The highest BCUT2D eigenvalue weighted by molar-refractivity contribution is 7.00. The number of aryl methyl sites for hydroxylation is 1. The number of aliphatic carboxylic acids is 1. The van der Waals surface area contributed by atoms with Crippen LogP contribution in [0.15, 0.2) is 66.7 Å². The van der Waals surface area contributed by atoms with E-state index in [1.165, 1.54) is 5.56 Å². The molecule has 1 atom stereocenters. The van der Waals surface area contributed by atoms with Crippen LogP contribution in [0, 0.1) is 5.92 Å². The first-order valence-corrected chi connectivity index (χ1v) is 12.3. The molecule has 1 N–H and O–H groups in total. The fourth-order valence-corrected chi connectivity index (χ4v) is 8.32. The van der Waals surface area contributed by atoms with Gasteiger partial charge in [-0.05, 0) is 39.7 Å². The average Bonchev–Trinajstić information content (AvgIpc) is 2.69. The maximum Gasteiger partial charge on any atom is 0.328 e. The van der Waals surface area contributed by atoms with Crippen molar-refractivity contribution >= 4 is 30.6 Å². The molecule has 0 heterocycles. The largest absolute Gasteiger partial charge is 0.506 e. The number of carboxylic acids is 1. The standard InChI is InChI=1S/C25H32O4Si/c1-19(2)15-16-20-11-9-10-14-22(20)30(25(3,4)5,21-12-7-6-8-13-21)29-24(28)18-17-23(26)27/h6-14,17-19H,15-16H2,1-5H3,(H,26,27)/b18-17-. The summed E-state index contributed by atoms with van der Waals surface area (Å²) < 4.78 is 6.32. The normalized spacial score (nSPS) is 13.9. The van der Waals surface area contributed by atoms with Gasteiger partial charge in [-0.2, -0.15) is 0 Å². The van der Waals surface area contributed by atoms with Gasteiger partial charge in [-0.3, -0.25) is 0 Å². The Kier molecular flexibility index (Phi) is 7.79. The van der Waals surface area contributed by atoms with E-state index in [-0.39, 0.29) is 5.04 Å². The second-order valence-electron chi connectivity index (χ2n) is 8.98. The Balaban J connectivity index is 2.73. The first kappa shape index (κ1) is 23.6. The van der Waals surface area contributed by atoms with Crippen LogP contribution in [0.1, 0.15) is 46.6 Å². The molecular formula is C25H32O4Si. The summed E-state index contributed by atoms with van der Waals surface area (Å²) in [5, 5.41) is 10.6. The van der Waals surface area contributed by atoms with Crippen molar-refractivity contribution < 1.29 is 19.1 Å². The predicted molar refractivity (Wildman–Crippen MR) is 124 cm³/mol. The molecular weight excluding hydrogens is 392 g/mol. The minimum absolute atomic E-state index is 0.366. The highest BCUT2D eigenvalue weighted by Crippen LogP contribution is 2.37. The van der Waals surface area contributed by atoms with Crippen LogP contribution in [-0.4, -0.2) is 25.4 Å². The second kappa shape index (κ2) is 9.89. The van der Waals surface area contributed by atoms with Crippen molar-refractivity contribution in [3.05, 3.63) is 72.3 Å². The smallest absolute Gasteiger partial charge is 0.328 e. The third-order valence-electron chi connectivity index (χ3n) is 5.24. The lowest BCUT2D eigenvalue weighted by Gasteiger charge is -2.42. The molecule has 0 aliphatic rings. The Hall–Kier alpha value is -2.66. The fraction of sp³-hybridized carbons (Fsp3) is 0.360. The van der Waals surface area contributed by atoms with Gasteiger partial charge in [-0.25, -0.2) is 9.59 Å². The van der Waals surface area contributed by atoms with E-state index in [0.29, 0.717) is 5.92 Å². The summed E-state index contributed by atoms with van der Waals surface area (Å²) in [6, 6.07) is 18.1. The van der Waals surface area contributed by atoms with Crippen LogP contribution in [0.2, 0.25) is 5.04 Å². The quantitative estimate of drug-likeness (QED) is 0.506. The van der Waals surface area contributed by atoms with Gasteiger partial charge in [0, 0.05) is 12.2 Å². The Morgan fingerprint density at radius 2 is 1.60 bits per heavy atom. The van der Waals surface area contributed by atoms with E-state index in [0.717, 1.165) is 35.4 Å². The van der Waals surface area contributed by atoms with Crippen LogP contribution in [-0.2, 0) is 20.4 Å². The van der Waals surface area contributed by atoms with Crippen molar-refractivity contribution in [2.24, 2.45) is 5.92 Å². The maximum absolute atomic E-state index is 12.8. The monoisotopic (exact) mass is 424 g/mol. The Morgan fingerprint density at radius 3 is 2.17 bits per heavy atom. The van der Waals surface area contributed by atoms with Gasteiger partial charge in [0.1, 0.15) is 0 Å². The Morgan fingerprint density at radius 1 is 1.00 bits per heavy atom. The lowest BCUT2D eigenvalue weighted by molar-refractivity contribution is -0.133. The minimum atomic E-state index is -3.09. The molecule has 30 heavy (non-hydrogen) atoms. The zero-order chi connectivity index (χ0) is 22.4. The van der Waals surface area contributed by atoms with Crippen molar-refractivity contribution in [3.8, 4) is 0 Å². The molecule has 0 aromatic heterocycles. The molecule has 0 amide bonds. The summed E-state index contributed by atoms with van der Waals surface area (Å²) in [6.45, 7) is 10.7. The minimum Gasteiger partial charge on any atom is -0.506 e. The summed E-state index contributed by atoms with van der Waals surface area (Å²) in [7, 11) is -3.09. The fourth-order valence-electron chi connectivity index (χ4n) is 3.78. The third-order valence-corrected chi connectivity index (χ3v) is 10.3. The van der Waals surface area contributed by atoms with E-state index in [1.807, 2.05) is 42.5 Å². The number of rotatable bonds is 8. The van der Waals surface area contributed by atoms with E-state index in [1.54, 1.807) is 0 Å². The molecule has 2 rings (SSSR count). The van der Waals surface area contributed by atoms with Gasteiger partial charge in [-0.15, -0.1) is 0 Å². The van der Waals surface area contributed by atoms with E-state index in [2.05, 4.69) is 46.8 Å². The van der Waals surface area contributed by atoms with Crippen LogP contribution in [0.3, 0.4) is 0 Å². The van der Waals surface area contributed by atoms with Crippen molar-refractivity contribution in [1.82, 2.24) is 0 Å². The molecule has 2 aromatic rings. The molecule has 0 aliphatic carbocycles. The van der Waals surface area contributed by atoms with Crippen molar-refractivity contribution in [2.75, 3.05) is 0 Å². The molecule has 4 nitrogen and oxygen atoms in total. The summed E-state index contributed by atoms with van der Waals surface area (Å²) in [5.74, 6) is -1.24. The number of hydrogen-bond donors (Lipinski definition) is 1. The zero-order valence-electron chi connectivity index (χ0n) is 18.5. The van der Waals surface area contributed by atoms with Crippen LogP contribution >= 0.6 is 0 Å². The molecule has 0 spiro atoms. The summed E-state index contributed by atoms with van der Waals surface area (Å²) in [6.07, 6.45) is 3.77. The summed E-state index contributed by atoms with van der Waals surface area (Å²) in [5.41, 5.74) is 1.19. The van der Waals surface area contributed by atoms with Gasteiger partial charge in [0.2, 0.25) is 0 Å². The first-order chi connectivity index (χ1) is 14.1. The van der Waals surface area contributed by atoms with Gasteiger partial charge in [0.15, 0.2) is 0 Å². The van der Waals surface area contributed by atoms with Crippen LogP contribution in [0.25, 0.3) is 0 Å². The van der Waals surface area contributed by atoms with Crippen LogP contribution < -0.4 is 10.4 Å². The highest BCUT2D eigenvalue weighted by atomic mass is 28.4. The van der Waals surface area contributed by atoms with Crippen molar-refractivity contribution in [1.29, 1.82) is 0 Å². The Bertz CT molecular complexity index is 897. The molecule has 0 aliphatic heterocycles. The molecule has 0 radical (unpaired) electrons. The molecule has 0 fully saturated rings. The zero-order valence-corrected chi connectivity index (χ0v) is 19.5. The molecule has 160 valence electrons. The van der Waals surface area contributed by atoms with E-state index >= 15 is 0 Å². The molecule has 0 bridgehead atoms.